The Labute approximate surface area is 106 Å². The number of anilines is 1. The summed E-state index contributed by atoms with van der Waals surface area (Å²) >= 11 is 6.06. The second kappa shape index (κ2) is 5.11. The van der Waals surface area contributed by atoms with Crippen molar-refractivity contribution in [3.63, 3.8) is 0 Å². The van der Waals surface area contributed by atoms with E-state index in [1.807, 2.05) is 37.3 Å². The lowest BCUT2D eigenvalue weighted by atomic mass is 10.1. The summed E-state index contributed by atoms with van der Waals surface area (Å²) in [5.74, 6) is 0.650. The van der Waals surface area contributed by atoms with Gasteiger partial charge in [-0.25, -0.2) is 0 Å². The van der Waals surface area contributed by atoms with Gasteiger partial charge in [-0.3, -0.25) is 0 Å². The number of halogens is 1. The van der Waals surface area contributed by atoms with Crippen LogP contribution < -0.4 is 10.5 Å². The Kier molecular flexibility index (Phi) is 3.55. The molecule has 2 aromatic rings. The minimum atomic E-state index is -0.0441. The van der Waals surface area contributed by atoms with Crippen molar-refractivity contribution in [2.75, 3.05) is 5.73 Å². The SMILES string of the molecule is C[C@H](Oc1ccc(N)cc1Cl)c1ccccc1. The number of hydrogen-bond donors (Lipinski definition) is 1. The predicted molar refractivity (Wildman–Crippen MR) is 71.3 cm³/mol. The largest absolute Gasteiger partial charge is 0.484 e. The molecule has 0 aliphatic carbocycles. The highest BCUT2D eigenvalue weighted by molar-refractivity contribution is 6.32. The van der Waals surface area contributed by atoms with Crippen LogP contribution in [0.2, 0.25) is 5.02 Å². The van der Waals surface area contributed by atoms with Gasteiger partial charge in [0.05, 0.1) is 5.02 Å². The number of nitrogen functional groups attached to an aromatic ring is 1. The van der Waals surface area contributed by atoms with Crippen molar-refractivity contribution in [3.8, 4) is 5.75 Å². The fourth-order valence-electron chi connectivity index (χ4n) is 1.60. The van der Waals surface area contributed by atoms with Crippen LogP contribution in [0.3, 0.4) is 0 Å². The topological polar surface area (TPSA) is 35.2 Å². The Hall–Kier alpha value is -1.67. The molecule has 17 heavy (non-hydrogen) atoms. The average molecular weight is 248 g/mol. The second-order valence-electron chi connectivity index (χ2n) is 3.86. The van der Waals surface area contributed by atoms with Crippen molar-refractivity contribution in [2.45, 2.75) is 13.0 Å². The van der Waals surface area contributed by atoms with Gasteiger partial charge in [0.1, 0.15) is 11.9 Å². The van der Waals surface area contributed by atoms with Crippen LogP contribution in [0.25, 0.3) is 0 Å². The molecule has 0 bridgehead atoms. The number of benzene rings is 2. The van der Waals surface area contributed by atoms with Gasteiger partial charge in [0, 0.05) is 5.69 Å². The van der Waals surface area contributed by atoms with Gasteiger partial charge in [-0.15, -0.1) is 0 Å². The van der Waals surface area contributed by atoms with Gasteiger partial charge >= 0.3 is 0 Å². The third-order valence-corrected chi connectivity index (χ3v) is 2.82. The van der Waals surface area contributed by atoms with Gasteiger partial charge in [-0.05, 0) is 30.7 Å². The highest BCUT2D eigenvalue weighted by Gasteiger charge is 2.09. The summed E-state index contributed by atoms with van der Waals surface area (Å²) < 4.78 is 5.80. The first kappa shape index (κ1) is 11.8. The third-order valence-electron chi connectivity index (χ3n) is 2.53. The smallest absolute Gasteiger partial charge is 0.138 e. The molecule has 0 saturated heterocycles. The molecule has 2 rings (SSSR count). The summed E-state index contributed by atoms with van der Waals surface area (Å²) in [4.78, 5) is 0. The molecule has 3 heteroatoms. The average Bonchev–Trinajstić information content (AvgIpc) is 2.34. The van der Waals surface area contributed by atoms with Crippen molar-refractivity contribution in [1.29, 1.82) is 0 Å². The third kappa shape index (κ3) is 2.92. The van der Waals surface area contributed by atoms with Gasteiger partial charge in [0.15, 0.2) is 0 Å². The van der Waals surface area contributed by atoms with E-state index in [2.05, 4.69) is 0 Å². The maximum atomic E-state index is 6.06. The minimum Gasteiger partial charge on any atom is -0.484 e. The fraction of sp³-hybridized carbons (Fsp3) is 0.143. The lowest BCUT2D eigenvalue weighted by Gasteiger charge is -2.16. The Morgan fingerprint density at radius 1 is 1.12 bits per heavy atom. The maximum absolute atomic E-state index is 6.06. The molecule has 0 aliphatic rings. The van der Waals surface area contributed by atoms with Crippen molar-refractivity contribution in [3.05, 3.63) is 59.1 Å². The molecule has 0 aromatic heterocycles. The molecule has 0 spiro atoms. The predicted octanol–water partition coefficient (Wildman–Crippen LogP) is 4.06. The molecule has 0 fully saturated rings. The first-order valence-electron chi connectivity index (χ1n) is 5.43. The van der Waals surface area contributed by atoms with E-state index in [-0.39, 0.29) is 6.10 Å². The van der Waals surface area contributed by atoms with E-state index in [4.69, 9.17) is 22.1 Å². The molecule has 0 unspecified atom stereocenters. The Balaban J connectivity index is 2.16. The molecule has 2 N–H and O–H groups in total. The summed E-state index contributed by atoms with van der Waals surface area (Å²) in [6.07, 6.45) is -0.0441. The van der Waals surface area contributed by atoms with E-state index < -0.39 is 0 Å². The van der Waals surface area contributed by atoms with Crippen LogP contribution >= 0.6 is 11.6 Å². The van der Waals surface area contributed by atoms with Crippen LogP contribution in [0, 0.1) is 0 Å². The van der Waals surface area contributed by atoms with E-state index in [0.29, 0.717) is 16.5 Å². The van der Waals surface area contributed by atoms with Gasteiger partial charge < -0.3 is 10.5 Å². The minimum absolute atomic E-state index is 0.0441. The molecule has 1 atom stereocenters. The Bertz CT molecular complexity index is 499. The van der Waals surface area contributed by atoms with Crippen LogP contribution in [-0.4, -0.2) is 0 Å². The number of ether oxygens (including phenoxy) is 1. The zero-order valence-corrected chi connectivity index (χ0v) is 10.3. The van der Waals surface area contributed by atoms with Crippen molar-refractivity contribution in [2.24, 2.45) is 0 Å². The standard InChI is InChI=1S/C14H14ClNO/c1-10(11-5-3-2-4-6-11)17-14-8-7-12(16)9-13(14)15/h2-10H,16H2,1H3/t10-/m0/s1. The van der Waals surface area contributed by atoms with E-state index >= 15 is 0 Å². The van der Waals surface area contributed by atoms with E-state index in [9.17, 15) is 0 Å². The molecule has 88 valence electrons. The lowest BCUT2D eigenvalue weighted by molar-refractivity contribution is 0.227. The van der Waals surface area contributed by atoms with Gasteiger partial charge in [0.25, 0.3) is 0 Å². The summed E-state index contributed by atoms with van der Waals surface area (Å²) in [6, 6.07) is 15.3. The maximum Gasteiger partial charge on any atom is 0.138 e. The van der Waals surface area contributed by atoms with Gasteiger partial charge in [0.2, 0.25) is 0 Å². The zero-order valence-electron chi connectivity index (χ0n) is 9.56. The number of rotatable bonds is 3. The Morgan fingerprint density at radius 3 is 2.47 bits per heavy atom. The highest BCUT2D eigenvalue weighted by atomic mass is 35.5. The highest BCUT2D eigenvalue weighted by Crippen LogP contribution is 2.30. The van der Waals surface area contributed by atoms with Crippen LogP contribution in [0.4, 0.5) is 5.69 Å². The first-order valence-corrected chi connectivity index (χ1v) is 5.81. The van der Waals surface area contributed by atoms with Crippen molar-refractivity contribution >= 4 is 17.3 Å². The van der Waals surface area contributed by atoms with Gasteiger partial charge in [-0.1, -0.05) is 41.9 Å². The molecule has 0 radical (unpaired) electrons. The molecule has 0 aliphatic heterocycles. The Morgan fingerprint density at radius 2 is 1.82 bits per heavy atom. The van der Waals surface area contributed by atoms with E-state index in [1.54, 1.807) is 18.2 Å². The molecular formula is C14H14ClNO. The van der Waals surface area contributed by atoms with Crippen molar-refractivity contribution in [1.82, 2.24) is 0 Å². The van der Waals surface area contributed by atoms with Crippen LogP contribution in [0.1, 0.15) is 18.6 Å². The fourth-order valence-corrected chi connectivity index (χ4v) is 1.83. The van der Waals surface area contributed by atoms with E-state index in [0.717, 1.165) is 5.56 Å². The molecule has 2 aromatic carbocycles. The van der Waals surface area contributed by atoms with Gasteiger partial charge in [-0.2, -0.15) is 0 Å². The molecule has 0 saturated carbocycles. The van der Waals surface area contributed by atoms with Crippen LogP contribution in [-0.2, 0) is 0 Å². The normalized spacial score (nSPS) is 12.1. The summed E-state index contributed by atoms with van der Waals surface area (Å²) in [5, 5.41) is 0.535. The summed E-state index contributed by atoms with van der Waals surface area (Å²) in [5.41, 5.74) is 7.37. The molecule has 0 amide bonds. The van der Waals surface area contributed by atoms with E-state index in [1.165, 1.54) is 0 Å². The second-order valence-corrected chi connectivity index (χ2v) is 4.27. The quantitative estimate of drug-likeness (QED) is 0.830. The molecule has 2 nitrogen and oxygen atoms in total. The molecular weight excluding hydrogens is 234 g/mol. The monoisotopic (exact) mass is 247 g/mol. The van der Waals surface area contributed by atoms with Crippen molar-refractivity contribution < 1.29 is 4.74 Å². The van der Waals surface area contributed by atoms with Crippen LogP contribution in [0.5, 0.6) is 5.75 Å². The zero-order chi connectivity index (χ0) is 12.3. The number of nitrogens with two attached hydrogens (primary N) is 1. The summed E-state index contributed by atoms with van der Waals surface area (Å²) in [6.45, 7) is 1.99. The first-order chi connectivity index (χ1) is 8.16. The molecule has 0 heterocycles. The summed E-state index contributed by atoms with van der Waals surface area (Å²) in [7, 11) is 0. The lowest BCUT2D eigenvalue weighted by Crippen LogP contribution is -2.03. The number of hydrogen-bond acceptors (Lipinski definition) is 2. The van der Waals surface area contributed by atoms with Crippen LogP contribution in [0.15, 0.2) is 48.5 Å².